The minimum atomic E-state index is -1.45. The number of likely N-dealkylation sites (tertiary alicyclic amines) is 1. The van der Waals surface area contributed by atoms with Gasteiger partial charge in [-0.15, -0.1) is 0 Å². The second-order valence-electron chi connectivity index (χ2n) is 7.69. The summed E-state index contributed by atoms with van der Waals surface area (Å²) in [6.45, 7) is 5.33. The predicted octanol–water partition coefficient (Wildman–Crippen LogP) is 1.61. The van der Waals surface area contributed by atoms with E-state index in [1.54, 1.807) is 20.8 Å². The third kappa shape index (κ3) is 6.53. The van der Waals surface area contributed by atoms with Gasteiger partial charge in [0.15, 0.2) is 6.10 Å². The highest BCUT2D eigenvalue weighted by Gasteiger charge is 2.38. The summed E-state index contributed by atoms with van der Waals surface area (Å²) >= 11 is 0. The van der Waals surface area contributed by atoms with E-state index in [1.165, 1.54) is 4.90 Å². The minimum absolute atomic E-state index is 0.115. The van der Waals surface area contributed by atoms with Crippen LogP contribution in [0.25, 0.3) is 0 Å². The number of aliphatic hydroxyl groups is 1. The van der Waals surface area contributed by atoms with Crippen molar-refractivity contribution in [3.63, 3.8) is 0 Å². The highest BCUT2D eigenvalue weighted by Crippen LogP contribution is 2.22. The molecule has 154 valence electrons. The molecule has 0 bridgehead atoms. The van der Waals surface area contributed by atoms with Gasteiger partial charge < -0.3 is 24.8 Å². The molecule has 1 unspecified atom stereocenters. The summed E-state index contributed by atoms with van der Waals surface area (Å²) in [5.41, 5.74) is 0.188. The molecule has 0 spiro atoms. The van der Waals surface area contributed by atoms with Crippen molar-refractivity contribution < 1.29 is 29.0 Å². The molecule has 1 saturated heterocycles. The lowest BCUT2D eigenvalue weighted by Crippen LogP contribution is -2.50. The third-order valence-corrected chi connectivity index (χ3v) is 4.20. The fraction of sp³-hybridized carbons (Fsp3) is 0.550. The van der Waals surface area contributed by atoms with E-state index in [0.717, 1.165) is 5.56 Å². The Morgan fingerprint density at radius 1 is 1.25 bits per heavy atom. The number of aliphatic hydroxyl groups excluding tert-OH is 1. The maximum absolute atomic E-state index is 12.4. The number of esters is 1. The second-order valence-corrected chi connectivity index (χ2v) is 7.69. The molecular formula is C20H28N2O6. The van der Waals surface area contributed by atoms with E-state index in [4.69, 9.17) is 9.47 Å². The lowest BCUT2D eigenvalue weighted by atomic mass is 10.1. The smallest absolute Gasteiger partial charge is 0.410 e. The van der Waals surface area contributed by atoms with Crippen LogP contribution in [0.4, 0.5) is 4.79 Å². The SMILES string of the molecule is CC(C)(C)OC(=O)CNC(=O)C(O)[C@@H]1CCCN1C(=O)OCc1ccccc1. The number of carbonyl (C=O) groups excluding carboxylic acids is 3. The summed E-state index contributed by atoms with van der Waals surface area (Å²) in [4.78, 5) is 37.6. The van der Waals surface area contributed by atoms with Crippen LogP contribution in [0.1, 0.15) is 39.2 Å². The minimum Gasteiger partial charge on any atom is -0.459 e. The summed E-state index contributed by atoms with van der Waals surface area (Å²) in [7, 11) is 0. The van der Waals surface area contributed by atoms with Crippen LogP contribution in [0.2, 0.25) is 0 Å². The van der Waals surface area contributed by atoms with Crippen LogP contribution >= 0.6 is 0 Å². The summed E-state index contributed by atoms with van der Waals surface area (Å²) in [6.07, 6.45) is -0.900. The van der Waals surface area contributed by atoms with Gasteiger partial charge in [-0.3, -0.25) is 9.59 Å². The van der Waals surface area contributed by atoms with Crippen molar-refractivity contribution in [3.05, 3.63) is 35.9 Å². The van der Waals surface area contributed by atoms with Crippen LogP contribution in [-0.4, -0.2) is 58.8 Å². The molecule has 8 heteroatoms. The van der Waals surface area contributed by atoms with Crippen molar-refractivity contribution in [2.45, 2.75) is 58.0 Å². The lowest BCUT2D eigenvalue weighted by molar-refractivity contribution is -0.155. The maximum atomic E-state index is 12.4. The van der Waals surface area contributed by atoms with Gasteiger partial charge in [0.25, 0.3) is 5.91 Å². The average molecular weight is 392 g/mol. The summed E-state index contributed by atoms with van der Waals surface area (Å²) in [5, 5.41) is 12.7. The fourth-order valence-corrected chi connectivity index (χ4v) is 2.97. The molecule has 2 atom stereocenters. The van der Waals surface area contributed by atoms with E-state index in [0.29, 0.717) is 19.4 Å². The van der Waals surface area contributed by atoms with E-state index in [-0.39, 0.29) is 13.2 Å². The molecule has 1 aromatic rings. The van der Waals surface area contributed by atoms with Gasteiger partial charge >= 0.3 is 12.1 Å². The van der Waals surface area contributed by atoms with Crippen molar-refractivity contribution in [1.82, 2.24) is 10.2 Å². The first-order valence-electron chi connectivity index (χ1n) is 9.32. The quantitative estimate of drug-likeness (QED) is 0.713. The van der Waals surface area contributed by atoms with Crippen LogP contribution < -0.4 is 5.32 Å². The van der Waals surface area contributed by atoms with Crippen LogP contribution in [0.5, 0.6) is 0 Å². The Kier molecular flexibility index (Phi) is 7.39. The first-order chi connectivity index (χ1) is 13.2. The predicted molar refractivity (Wildman–Crippen MR) is 101 cm³/mol. The molecule has 0 radical (unpaired) electrons. The Balaban J connectivity index is 1.85. The fourth-order valence-electron chi connectivity index (χ4n) is 2.97. The molecule has 2 rings (SSSR count). The van der Waals surface area contributed by atoms with Gasteiger partial charge in [0, 0.05) is 6.54 Å². The standard InChI is InChI=1S/C20H28N2O6/c1-20(2,3)28-16(23)12-21-18(25)17(24)15-10-7-11-22(15)19(26)27-13-14-8-5-4-6-9-14/h4-6,8-9,15,17,24H,7,10-13H2,1-3H3,(H,21,25)/t15-,17?/m0/s1. The summed E-state index contributed by atoms with van der Waals surface area (Å²) in [6, 6.07) is 8.55. The zero-order chi connectivity index (χ0) is 20.7. The molecule has 1 heterocycles. The number of amides is 2. The van der Waals surface area contributed by atoms with E-state index in [1.807, 2.05) is 30.3 Å². The van der Waals surface area contributed by atoms with Crippen molar-refractivity contribution >= 4 is 18.0 Å². The molecule has 1 aliphatic rings. The summed E-state index contributed by atoms with van der Waals surface area (Å²) < 4.78 is 10.4. The van der Waals surface area contributed by atoms with Gasteiger partial charge in [-0.25, -0.2) is 4.79 Å². The van der Waals surface area contributed by atoms with E-state index >= 15 is 0 Å². The summed E-state index contributed by atoms with van der Waals surface area (Å²) in [5.74, 6) is -1.32. The third-order valence-electron chi connectivity index (χ3n) is 4.20. The van der Waals surface area contributed by atoms with E-state index < -0.39 is 35.7 Å². The van der Waals surface area contributed by atoms with Crippen LogP contribution in [-0.2, 0) is 25.7 Å². The molecule has 1 aromatic carbocycles. The number of benzene rings is 1. The lowest BCUT2D eigenvalue weighted by Gasteiger charge is -2.27. The molecule has 0 saturated carbocycles. The Bertz CT molecular complexity index is 686. The molecule has 1 fully saturated rings. The van der Waals surface area contributed by atoms with Gasteiger partial charge in [-0.1, -0.05) is 30.3 Å². The molecule has 1 aliphatic heterocycles. The van der Waals surface area contributed by atoms with Crippen LogP contribution in [0, 0.1) is 0 Å². The second kappa shape index (κ2) is 9.54. The van der Waals surface area contributed by atoms with Gasteiger partial charge in [0.05, 0.1) is 6.04 Å². The number of hydrogen-bond acceptors (Lipinski definition) is 6. The van der Waals surface area contributed by atoms with Crippen molar-refractivity contribution in [3.8, 4) is 0 Å². The number of carbonyl (C=O) groups is 3. The topological polar surface area (TPSA) is 105 Å². The van der Waals surface area contributed by atoms with Crippen LogP contribution in [0.3, 0.4) is 0 Å². The van der Waals surface area contributed by atoms with Crippen molar-refractivity contribution in [2.24, 2.45) is 0 Å². The first kappa shape index (κ1) is 21.7. The number of nitrogens with zero attached hydrogens (tertiary/aromatic N) is 1. The number of nitrogens with one attached hydrogen (secondary N) is 1. The molecule has 0 aromatic heterocycles. The van der Waals surface area contributed by atoms with Gasteiger partial charge in [-0.2, -0.15) is 0 Å². The highest BCUT2D eigenvalue weighted by atomic mass is 16.6. The number of rotatable bonds is 6. The molecular weight excluding hydrogens is 364 g/mol. The number of hydrogen-bond donors (Lipinski definition) is 2. The molecule has 8 nitrogen and oxygen atoms in total. The maximum Gasteiger partial charge on any atom is 0.410 e. The van der Waals surface area contributed by atoms with Gasteiger partial charge in [-0.05, 0) is 39.2 Å². The zero-order valence-corrected chi connectivity index (χ0v) is 16.5. The Labute approximate surface area is 164 Å². The number of ether oxygens (including phenoxy) is 2. The molecule has 2 N–H and O–H groups in total. The van der Waals surface area contributed by atoms with E-state index in [9.17, 15) is 19.5 Å². The Hall–Kier alpha value is -2.61. The average Bonchev–Trinajstić information content (AvgIpc) is 3.12. The van der Waals surface area contributed by atoms with Crippen molar-refractivity contribution in [1.29, 1.82) is 0 Å². The van der Waals surface area contributed by atoms with Gasteiger partial charge in [0.1, 0.15) is 18.8 Å². The zero-order valence-electron chi connectivity index (χ0n) is 16.5. The highest BCUT2D eigenvalue weighted by molar-refractivity contribution is 5.86. The van der Waals surface area contributed by atoms with Gasteiger partial charge in [0.2, 0.25) is 0 Å². The molecule has 2 amide bonds. The van der Waals surface area contributed by atoms with E-state index in [2.05, 4.69) is 5.32 Å². The Morgan fingerprint density at radius 3 is 2.57 bits per heavy atom. The normalized spacial score (nSPS) is 17.7. The largest absolute Gasteiger partial charge is 0.459 e. The molecule has 0 aliphatic carbocycles. The molecule has 28 heavy (non-hydrogen) atoms. The first-order valence-corrected chi connectivity index (χ1v) is 9.32. The Morgan fingerprint density at radius 2 is 1.93 bits per heavy atom. The van der Waals surface area contributed by atoms with Crippen LogP contribution in [0.15, 0.2) is 30.3 Å². The monoisotopic (exact) mass is 392 g/mol. The van der Waals surface area contributed by atoms with Crippen molar-refractivity contribution in [2.75, 3.05) is 13.1 Å².